The number of hydrogen-bond donors (Lipinski definition) is 3. The lowest BCUT2D eigenvalue weighted by Crippen LogP contribution is -2.32. The standard InChI is InChI=1S/C11H12N2O.C8H13N3O2S/c12-11(14)13-10-8-3-1-6(8)5-7-2-4-9(7)10;1-2-12-6-4-11-8(13-5-6)7(14-9)3-10-11/h5H,1-4H2,(H3,12,13,14);3,6H,2,4-5,9H2,1H3. The molecule has 0 saturated carbocycles. The molecule has 2 aromatic rings. The number of urea groups is 1. The van der Waals surface area contributed by atoms with Crippen LogP contribution in [0.3, 0.4) is 0 Å². The van der Waals surface area contributed by atoms with Crippen LogP contribution in [0.4, 0.5) is 10.5 Å². The summed E-state index contributed by atoms with van der Waals surface area (Å²) >= 11 is 1.16. The third-order valence-corrected chi connectivity index (χ3v) is 5.87. The van der Waals surface area contributed by atoms with Gasteiger partial charge >= 0.3 is 6.03 Å². The summed E-state index contributed by atoms with van der Waals surface area (Å²) < 4.78 is 12.8. The number of ether oxygens (including phenoxy) is 2. The number of aromatic nitrogens is 2. The Labute approximate surface area is 168 Å². The molecule has 2 heterocycles. The van der Waals surface area contributed by atoms with Gasteiger partial charge in [-0.15, -0.1) is 0 Å². The lowest BCUT2D eigenvalue weighted by atomic mass is 9.76. The van der Waals surface area contributed by atoms with E-state index in [2.05, 4.69) is 16.5 Å². The smallest absolute Gasteiger partial charge is 0.316 e. The van der Waals surface area contributed by atoms with E-state index in [0.29, 0.717) is 13.2 Å². The first-order chi connectivity index (χ1) is 13.6. The molecule has 5 N–H and O–H groups in total. The van der Waals surface area contributed by atoms with Crippen LogP contribution in [-0.4, -0.2) is 35.1 Å². The minimum Gasteiger partial charge on any atom is -0.474 e. The number of nitrogens with two attached hydrogens (primary N) is 2. The van der Waals surface area contributed by atoms with Gasteiger partial charge in [-0.3, -0.25) is 5.14 Å². The molecule has 28 heavy (non-hydrogen) atoms. The molecule has 2 aliphatic carbocycles. The summed E-state index contributed by atoms with van der Waals surface area (Å²) in [5.74, 6) is 0.758. The van der Waals surface area contributed by atoms with Crippen LogP contribution in [0.2, 0.25) is 0 Å². The Balaban J connectivity index is 0.000000137. The number of nitrogens with one attached hydrogen (secondary N) is 1. The Morgan fingerprint density at radius 3 is 2.61 bits per heavy atom. The molecule has 1 aromatic carbocycles. The highest BCUT2D eigenvalue weighted by molar-refractivity contribution is 7.97. The van der Waals surface area contributed by atoms with E-state index in [9.17, 15) is 4.79 Å². The lowest BCUT2D eigenvalue weighted by Gasteiger charge is -2.31. The van der Waals surface area contributed by atoms with E-state index in [0.717, 1.165) is 60.6 Å². The number of primary amides is 1. The fraction of sp³-hybridized carbons (Fsp3) is 0.474. The Morgan fingerprint density at radius 2 is 2.07 bits per heavy atom. The first-order valence-electron chi connectivity index (χ1n) is 9.50. The number of nitrogens with zero attached hydrogens (tertiary/aromatic N) is 2. The highest BCUT2D eigenvalue weighted by Crippen LogP contribution is 2.40. The Bertz CT molecular complexity index is 868. The molecule has 2 amide bonds. The van der Waals surface area contributed by atoms with Crippen molar-refractivity contribution in [1.82, 2.24) is 9.78 Å². The largest absolute Gasteiger partial charge is 0.474 e. The summed E-state index contributed by atoms with van der Waals surface area (Å²) in [5, 5.41) is 12.4. The van der Waals surface area contributed by atoms with Gasteiger partial charge in [0.15, 0.2) is 0 Å². The zero-order valence-corrected chi connectivity index (χ0v) is 16.7. The molecule has 1 aromatic heterocycles. The molecule has 3 aliphatic rings. The molecule has 1 atom stereocenters. The first kappa shape index (κ1) is 19.1. The topological polar surface area (TPSA) is 117 Å². The van der Waals surface area contributed by atoms with Crippen molar-refractivity contribution in [2.45, 2.75) is 50.2 Å². The Morgan fingerprint density at radius 1 is 1.36 bits per heavy atom. The number of carbonyl (C=O) groups is 1. The molecule has 0 bridgehead atoms. The van der Waals surface area contributed by atoms with Crippen molar-refractivity contribution < 1.29 is 14.3 Å². The maximum atomic E-state index is 10.9. The van der Waals surface area contributed by atoms with Crippen LogP contribution in [-0.2, 0) is 37.0 Å². The minimum absolute atomic E-state index is 0.100. The van der Waals surface area contributed by atoms with Gasteiger partial charge in [-0.25, -0.2) is 9.48 Å². The van der Waals surface area contributed by atoms with Gasteiger partial charge in [0, 0.05) is 12.3 Å². The summed E-state index contributed by atoms with van der Waals surface area (Å²) in [7, 11) is 0. The number of carbonyl (C=O) groups excluding carboxylic acids is 1. The molecule has 0 spiro atoms. The minimum atomic E-state index is -0.445. The van der Waals surface area contributed by atoms with Crippen molar-refractivity contribution in [2.75, 3.05) is 18.5 Å². The van der Waals surface area contributed by atoms with Gasteiger partial charge in [-0.2, -0.15) is 5.10 Å². The van der Waals surface area contributed by atoms with Crippen molar-refractivity contribution in [3.8, 4) is 5.88 Å². The molecular formula is C19H25N5O3S. The van der Waals surface area contributed by atoms with E-state index >= 15 is 0 Å². The molecule has 150 valence electrons. The van der Waals surface area contributed by atoms with Gasteiger partial charge in [0.05, 0.1) is 12.7 Å². The summed E-state index contributed by atoms with van der Waals surface area (Å²) in [6, 6.07) is 1.84. The van der Waals surface area contributed by atoms with E-state index in [1.54, 1.807) is 10.9 Å². The third kappa shape index (κ3) is 3.57. The molecule has 0 radical (unpaired) electrons. The zero-order chi connectivity index (χ0) is 19.7. The van der Waals surface area contributed by atoms with Crippen molar-refractivity contribution in [1.29, 1.82) is 0 Å². The third-order valence-electron chi connectivity index (χ3n) is 5.34. The quantitative estimate of drug-likeness (QED) is 0.673. The maximum Gasteiger partial charge on any atom is 0.316 e. The van der Waals surface area contributed by atoms with Crippen LogP contribution >= 0.6 is 11.9 Å². The monoisotopic (exact) mass is 403 g/mol. The molecule has 8 nitrogen and oxygen atoms in total. The SMILES string of the molecule is CCOC1COc2c(SN)cnn2C1.NC(=O)Nc1c2c(cc3c1CC3)CC2. The number of hydrogen-bond acceptors (Lipinski definition) is 6. The number of benzene rings is 1. The van der Waals surface area contributed by atoms with Crippen LogP contribution in [0, 0.1) is 0 Å². The Hall–Kier alpha value is -2.23. The van der Waals surface area contributed by atoms with Crippen LogP contribution in [0.5, 0.6) is 5.88 Å². The predicted molar refractivity (Wildman–Crippen MR) is 108 cm³/mol. The number of amides is 2. The van der Waals surface area contributed by atoms with E-state index in [1.807, 2.05) is 6.92 Å². The van der Waals surface area contributed by atoms with Crippen LogP contribution in [0.1, 0.15) is 29.2 Å². The second kappa shape index (κ2) is 8.02. The van der Waals surface area contributed by atoms with Crippen molar-refractivity contribution in [3.63, 3.8) is 0 Å². The van der Waals surface area contributed by atoms with Crippen LogP contribution < -0.4 is 20.9 Å². The second-order valence-corrected chi connectivity index (χ2v) is 7.69. The van der Waals surface area contributed by atoms with Crippen molar-refractivity contribution in [2.24, 2.45) is 10.9 Å². The first-order valence-corrected chi connectivity index (χ1v) is 10.4. The number of aryl methyl sites for hydroxylation is 2. The fourth-order valence-corrected chi connectivity index (χ4v) is 4.19. The van der Waals surface area contributed by atoms with Crippen molar-refractivity contribution in [3.05, 3.63) is 34.5 Å². The molecule has 5 rings (SSSR count). The highest BCUT2D eigenvalue weighted by atomic mass is 32.2. The van der Waals surface area contributed by atoms with E-state index in [-0.39, 0.29) is 6.10 Å². The number of rotatable bonds is 4. The van der Waals surface area contributed by atoms with Crippen LogP contribution in [0.25, 0.3) is 0 Å². The average Bonchev–Trinajstić information content (AvgIpc) is 3.02. The molecule has 0 saturated heterocycles. The summed E-state index contributed by atoms with van der Waals surface area (Å²) in [6.45, 7) is 3.99. The van der Waals surface area contributed by atoms with Gasteiger partial charge in [0.2, 0.25) is 5.88 Å². The average molecular weight is 404 g/mol. The highest BCUT2D eigenvalue weighted by Gasteiger charge is 2.27. The van der Waals surface area contributed by atoms with Gasteiger partial charge in [0.25, 0.3) is 0 Å². The lowest BCUT2D eigenvalue weighted by molar-refractivity contribution is -0.00752. The fourth-order valence-electron chi connectivity index (χ4n) is 3.81. The van der Waals surface area contributed by atoms with Gasteiger partial charge in [-0.05, 0) is 66.8 Å². The normalized spacial score (nSPS) is 18.1. The second-order valence-electron chi connectivity index (χ2n) is 7.02. The summed E-state index contributed by atoms with van der Waals surface area (Å²) in [5.41, 5.74) is 11.6. The molecule has 1 aliphatic heterocycles. The molecular weight excluding hydrogens is 378 g/mol. The zero-order valence-electron chi connectivity index (χ0n) is 15.9. The molecule has 0 fully saturated rings. The molecule has 1 unspecified atom stereocenters. The number of anilines is 1. The summed E-state index contributed by atoms with van der Waals surface area (Å²) in [6.07, 6.45) is 6.28. The van der Waals surface area contributed by atoms with E-state index < -0.39 is 6.03 Å². The van der Waals surface area contributed by atoms with Gasteiger partial charge in [0.1, 0.15) is 17.6 Å². The summed E-state index contributed by atoms with van der Waals surface area (Å²) in [4.78, 5) is 11.7. The van der Waals surface area contributed by atoms with Crippen molar-refractivity contribution >= 4 is 23.7 Å². The molecule has 9 heteroatoms. The maximum absolute atomic E-state index is 10.9. The van der Waals surface area contributed by atoms with Gasteiger partial charge < -0.3 is 20.5 Å². The Kier molecular flexibility index (Phi) is 5.47. The van der Waals surface area contributed by atoms with Crippen LogP contribution in [0.15, 0.2) is 17.2 Å². The predicted octanol–water partition coefficient (Wildman–Crippen LogP) is 2.02. The van der Waals surface area contributed by atoms with E-state index in [1.165, 1.54) is 22.3 Å². The van der Waals surface area contributed by atoms with Gasteiger partial charge in [-0.1, -0.05) is 6.07 Å². The number of fused-ring (bicyclic) bond motifs is 3. The van der Waals surface area contributed by atoms with E-state index in [4.69, 9.17) is 20.3 Å².